The lowest BCUT2D eigenvalue weighted by molar-refractivity contribution is 0.217. The van der Waals surface area contributed by atoms with Gasteiger partial charge in [-0.1, -0.05) is 15.9 Å². The first-order valence-electron chi connectivity index (χ1n) is 5.88. The summed E-state index contributed by atoms with van der Waals surface area (Å²) in [7, 11) is 0. The number of benzene rings is 1. The first kappa shape index (κ1) is 15.0. The number of nitrogens with two attached hydrogens (primary N) is 1. The molecule has 1 unspecified atom stereocenters. The second-order valence-corrected chi connectivity index (χ2v) is 7.03. The molecule has 2 N–H and O–H groups in total. The maximum Gasteiger partial charge on any atom is 0.145 e. The number of hydrogen-bond donors (Lipinski definition) is 1. The van der Waals surface area contributed by atoms with Crippen molar-refractivity contribution < 1.29 is 4.74 Å². The van der Waals surface area contributed by atoms with E-state index in [1.54, 1.807) is 11.3 Å². The van der Waals surface area contributed by atoms with Crippen molar-refractivity contribution in [3.8, 4) is 5.75 Å². The highest BCUT2D eigenvalue weighted by Crippen LogP contribution is 2.32. The Kier molecular flexibility index (Phi) is 5.06. The molecule has 0 radical (unpaired) electrons. The van der Waals surface area contributed by atoms with E-state index in [1.165, 1.54) is 0 Å². The van der Waals surface area contributed by atoms with Gasteiger partial charge in [0.25, 0.3) is 0 Å². The predicted molar refractivity (Wildman–Crippen MR) is 88.1 cm³/mol. The van der Waals surface area contributed by atoms with Gasteiger partial charge in [-0.3, -0.25) is 0 Å². The van der Waals surface area contributed by atoms with Crippen LogP contribution in [0.2, 0.25) is 0 Å². The average molecular weight is 405 g/mol. The zero-order valence-corrected chi connectivity index (χ0v) is 14.7. The van der Waals surface area contributed by atoms with Gasteiger partial charge in [0.15, 0.2) is 0 Å². The summed E-state index contributed by atoms with van der Waals surface area (Å²) in [6.07, 6.45) is -0.101. The van der Waals surface area contributed by atoms with Gasteiger partial charge in [0.1, 0.15) is 11.9 Å². The van der Waals surface area contributed by atoms with E-state index in [1.807, 2.05) is 17.5 Å². The van der Waals surface area contributed by atoms with E-state index in [0.717, 1.165) is 30.7 Å². The molecule has 2 aromatic rings. The minimum atomic E-state index is -0.101. The van der Waals surface area contributed by atoms with Crippen LogP contribution in [-0.2, 0) is 0 Å². The summed E-state index contributed by atoms with van der Waals surface area (Å²) >= 11 is 8.67. The Morgan fingerprint density at radius 2 is 1.84 bits per heavy atom. The van der Waals surface area contributed by atoms with Crippen LogP contribution < -0.4 is 10.5 Å². The van der Waals surface area contributed by atoms with Gasteiger partial charge in [0, 0.05) is 25.7 Å². The number of thiophene rings is 1. The molecule has 0 aliphatic carbocycles. The monoisotopic (exact) mass is 403 g/mol. The molecule has 1 aromatic heterocycles. The molecule has 0 bridgehead atoms. The topological polar surface area (TPSA) is 35.2 Å². The second-order valence-electron chi connectivity index (χ2n) is 4.38. The van der Waals surface area contributed by atoms with Gasteiger partial charge in [-0.2, -0.15) is 0 Å². The standard InChI is InChI=1S/C14H15Br2NOS/c1-8-3-11(4-9(2)14(8)16)18-12(6-17)13-5-10(15)7-19-13/h3-5,7,12H,6,17H2,1-2H3. The predicted octanol–water partition coefficient (Wildman–Crippen LogP) is 4.97. The lowest BCUT2D eigenvalue weighted by atomic mass is 10.1. The Balaban J connectivity index is 2.23. The Morgan fingerprint density at radius 3 is 2.32 bits per heavy atom. The van der Waals surface area contributed by atoms with Crippen molar-refractivity contribution in [3.05, 3.63) is 48.5 Å². The molecule has 0 saturated heterocycles. The molecule has 5 heteroatoms. The van der Waals surface area contributed by atoms with Crippen molar-refractivity contribution in [2.45, 2.75) is 20.0 Å². The van der Waals surface area contributed by atoms with Crippen LogP contribution in [0.4, 0.5) is 0 Å². The molecule has 0 fully saturated rings. The van der Waals surface area contributed by atoms with E-state index in [9.17, 15) is 0 Å². The fraction of sp³-hybridized carbons (Fsp3) is 0.286. The summed E-state index contributed by atoms with van der Waals surface area (Å²) in [5, 5.41) is 2.04. The van der Waals surface area contributed by atoms with E-state index in [2.05, 4.69) is 51.8 Å². The molecule has 102 valence electrons. The normalized spacial score (nSPS) is 12.5. The summed E-state index contributed by atoms with van der Waals surface area (Å²) in [6, 6.07) is 6.12. The average Bonchev–Trinajstić information content (AvgIpc) is 2.79. The highest BCUT2D eigenvalue weighted by atomic mass is 79.9. The third-order valence-electron chi connectivity index (χ3n) is 2.81. The van der Waals surface area contributed by atoms with Gasteiger partial charge in [0.2, 0.25) is 0 Å². The highest BCUT2D eigenvalue weighted by Gasteiger charge is 2.15. The number of aryl methyl sites for hydroxylation is 2. The van der Waals surface area contributed by atoms with E-state index >= 15 is 0 Å². The molecule has 0 aliphatic heterocycles. The van der Waals surface area contributed by atoms with Crippen molar-refractivity contribution >= 4 is 43.2 Å². The van der Waals surface area contributed by atoms with E-state index in [4.69, 9.17) is 10.5 Å². The number of halogens is 2. The first-order chi connectivity index (χ1) is 9.01. The Hall–Kier alpha value is -0.360. The third kappa shape index (κ3) is 3.60. The van der Waals surface area contributed by atoms with Gasteiger partial charge in [-0.15, -0.1) is 11.3 Å². The second kappa shape index (κ2) is 6.39. The van der Waals surface area contributed by atoms with E-state index in [-0.39, 0.29) is 6.10 Å². The van der Waals surface area contributed by atoms with Crippen molar-refractivity contribution in [3.63, 3.8) is 0 Å². The molecular weight excluding hydrogens is 390 g/mol. The molecule has 19 heavy (non-hydrogen) atoms. The molecule has 0 aliphatic rings. The van der Waals surface area contributed by atoms with Gasteiger partial charge < -0.3 is 10.5 Å². The Labute approximate surface area is 134 Å². The summed E-state index contributed by atoms with van der Waals surface area (Å²) in [5.74, 6) is 0.859. The number of ether oxygens (including phenoxy) is 1. The van der Waals surface area contributed by atoms with Crippen molar-refractivity contribution in [1.29, 1.82) is 0 Å². The highest BCUT2D eigenvalue weighted by molar-refractivity contribution is 9.10. The third-order valence-corrected chi connectivity index (χ3v) is 5.84. The van der Waals surface area contributed by atoms with Gasteiger partial charge in [-0.05, 0) is 59.1 Å². The van der Waals surface area contributed by atoms with Gasteiger partial charge in [-0.25, -0.2) is 0 Å². The lowest BCUT2D eigenvalue weighted by Gasteiger charge is -2.17. The number of rotatable bonds is 4. The zero-order chi connectivity index (χ0) is 14.0. The SMILES string of the molecule is Cc1cc(OC(CN)c2cc(Br)cs2)cc(C)c1Br. The van der Waals surface area contributed by atoms with Crippen LogP contribution in [0, 0.1) is 13.8 Å². The molecule has 0 amide bonds. The molecule has 1 heterocycles. The van der Waals surface area contributed by atoms with Crippen LogP contribution >= 0.6 is 43.2 Å². The van der Waals surface area contributed by atoms with Crippen LogP contribution in [-0.4, -0.2) is 6.54 Å². The Bertz CT molecular complexity index is 560. The minimum absolute atomic E-state index is 0.101. The van der Waals surface area contributed by atoms with E-state index < -0.39 is 0 Å². The molecular formula is C14H15Br2NOS. The van der Waals surface area contributed by atoms with Crippen LogP contribution in [0.15, 0.2) is 32.5 Å². The van der Waals surface area contributed by atoms with Crippen LogP contribution in [0.25, 0.3) is 0 Å². The molecule has 0 spiro atoms. The molecule has 0 saturated carbocycles. The van der Waals surface area contributed by atoms with Gasteiger partial charge in [0.05, 0.1) is 0 Å². The molecule has 2 rings (SSSR count). The summed E-state index contributed by atoms with van der Waals surface area (Å²) in [5.41, 5.74) is 8.15. The number of hydrogen-bond acceptors (Lipinski definition) is 3. The first-order valence-corrected chi connectivity index (χ1v) is 8.35. The van der Waals surface area contributed by atoms with Crippen molar-refractivity contribution in [2.24, 2.45) is 5.73 Å². The molecule has 1 aromatic carbocycles. The maximum atomic E-state index is 6.02. The molecule has 1 atom stereocenters. The van der Waals surface area contributed by atoms with Crippen molar-refractivity contribution in [1.82, 2.24) is 0 Å². The largest absolute Gasteiger partial charge is 0.484 e. The quantitative estimate of drug-likeness (QED) is 0.780. The lowest BCUT2D eigenvalue weighted by Crippen LogP contribution is -2.17. The van der Waals surface area contributed by atoms with E-state index in [0.29, 0.717) is 6.54 Å². The maximum absolute atomic E-state index is 6.02. The minimum Gasteiger partial charge on any atom is -0.484 e. The van der Waals surface area contributed by atoms with Crippen LogP contribution in [0.5, 0.6) is 5.75 Å². The van der Waals surface area contributed by atoms with Gasteiger partial charge >= 0.3 is 0 Å². The zero-order valence-electron chi connectivity index (χ0n) is 10.7. The summed E-state index contributed by atoms with van der Waals surface area (Å²) in [6.45, 7) is 4.58. The van der Waals surface area contributed by atoms with Crippen LogP contribution in [0.3, 0.4) is 0 Å². The smallest absolute Gasteiger partial charge is 0.145 e. The summed E-state index contributed by atoms with van der Waals surface area (Å²) < 4.78 is 8.22. The van der Waals surface area contributed by atoms with Crippen molar-refractivity contribution in [2.75, 3.05) is 6.54 Å². The fourth-order valence-corrected chi connectivity index (χ4v) is 3.57. The van der Waals surface area contributed by atoms with Crippen LogP contribution in [0.1, 0.15) is 22.1 Å². The summed E-state index contributed by atoms with van der Waals surface area (Å²) in [4.78, 5) is 1.13. The fourth-order valence-electron chi connectivity index (χ4n) is 1.86. The molecule has 2 nitrogen and oxygen atoms in total. The Morgan fingerprint density at radius 1 is 1.21 bits per heavy atom.